The lowest BCUT2D eigenvalue weighted by Gasteiger charge is -2.08. The minimum absolute atomic E-state index is 0.0273. The summed E-state index contributed by atoms with van der Waals surface area (Å²) in [5.74, 6) is 0.179. The lowest BCUT2D eigenvalue weighted by molar-refractivity contribution is -0.116. The normalized spacial score (nSPS) is 12.5. The van der Waals surface area contributed by atoms with Crippen molar-refractivity contribution in [2.24, 2.45) is 0 Å². The van der Waals surface area contributed by atoms with Crippen LogP contribution in [0.1, 0.15) is 40.5 Å². The molecule has 122 valence electrons. The van der Waals surface area contributed by atoms with E-state index in [1.54, 1.807) is 36.4 Å². The van der Waals surface area contributed by atoms with E-state index in [0.29, 0.717) is 34.7 Å². The molecule has 0 aromatic heterocycles. The lowest BCUT2D eigenvalue weighted by atomic mass is 10.1. The van der Waals surface area contributed by atoms with Gasteiger partial charge in [0.15, 0.2) is 0 Å². The summed E-state index contributed by atoms with van der Waals surface area (Å²) >= 11 is 0. The van der Waals surface area contributed by atoms with Crippen molar-refractivity contribution in [3.63, 3.8) is 0 Å². The first kappa shape index (κ1) is 15.7. The Morgan fingerprint density at radius 1 is 1.00 bits per heavy atom. The number of fused-ring (bicyclic) bond motifs is 1. The van der Waals surface area contributed by atoms with Crippen LogP contribution in [0.5, 0.6) is 11.5 Å². The molecule has 2 aromatic rings. The highest BCUT2D eigenvalue weighted by atomic mass is 16.5. The summed E-state index contributed by atoms with van der Waals surface area (Å²) in [5.41, 5.74) is 1.35. The summed E-state index contributed by atoms with van der Waals surface area (Å²) in [7, 11) is 0. The van der Waals surface area contributed by atoms with Gasteiger partial charge in [-0.15, -0.1) is 0 Å². The van der Waals surface area contributed by atoms with Gasteiger partial charge in [0.2, 0.25) is 5.91 Å². The molecule has 0 unspecified atom stereocenters. The molecule has 0 bridgehead atoms. The Labute approximate surface area is 138 Å². The number of carbonyl (C=O) groups excluding carboxylic acids is 3. The highest BCUT2D eigenvalue weighted by molar-refractivity contribution is 6.21. The van der Waals surface area contributed by atoms with Crippen molar-refractivity contribution in [1.82, 2.24) is 5.32 Å². The second-order valence-corrected chi connectivity index (χ2v) is 5.42. The highest BCUT2D eigenvalue weighted by Gasteiger charge is 2.26. The van der Waals surface area contributed by atoms with Crippen LogP contribution in [0.2, 0.25) is 0 Å². The molecule has 0 fully saturated rings. The molecule has 1 aliphatic heterocycles. The van der Waals surface area contributed by atoms with Crippen molar-refractivity contribution in [3.05, 3.63) is 53.6 Å². The van der Waals surface area contributed by atoms with Crippen molar-refractivity contribution in [2.75, 3.05) is 5.32 Å². The van der Waals surface area contributed by atoms with Gasteiger partial charge in [0, 0.05) is 12.1 Å². The van der Waals surface area contributed by atoms with E-state index in [4.69, 9.17) is 4.74 Å². The number of hydrogen-bond acceptors (Lipinski definition) is 4. The van der Waals surface area contributed by atoms with E-state index in [1.807, 2.05) is 6.92 Å². The summed E-state index contributed by atoms with van der Waals surface area (Å²) in [4.78, 5) is 34.7. The van der Waals surface area contributed by atoms with Crippen LogP contribution in [0.25, 0.3) is 0 Å². The first-order valence-electron chi connectivity index (χ1n) is 7.64. The second-order valence-electron chi connectivity index (χ2n) is 5.42. The Kier molecular flexibility index (Phi) is 4.29. The van der Waals surface area contributed by atoms with Crippen LogP contribution >= 0.6 is 0 Å². The van der Waals surface area contributed by atoms with E-state index in [2.05, 4.69) is 10.6 Å². The van der Waals surface area contributed by atoms with Crippen LogP contribution in [-0.2, 0) is 4.79 Å². The van der Waals surface area contributed by atoms with Gasteiger partial charge in [-0.1, -0.05) is 6.92 Å². The third-order valence-corrected chi connectivity index (χ3v) is 3.56. The van der Waals surface area contributed by atoms with Gasteiger partial charge < -0.3 is 10.1 Å². The third kappa shape index (κ3) is 3.27. The lowest BCUT2D eigenvalue weighted by Crippen LogP contribution is -2.19. The highest BCUT2D eigenvalue weighted by Crippen LogP contribution is 2.27. The van der Waals surface area contributed by atoms with E-state index >= 15 is 0 Å². The standard InChI is InChI=1S/C18H16N2O4/c1-2-3-16(21)19-11-4-6-12(7-5-11)24-13-8-9-14-15(10-13)18(23)20-17(14)22/h4-10H,2-3H2,1H3,(H,19,21)(H,20,22,23). The van der Waals surface area contributed by atoms with Gasteiger partial charge in [-0.3, -0.25) is 19.7 Å². The summed E-state index contributed by atoms with van der Waals surface area (Å²) in [6, 6.07) is 11.7. The number of anilines is 1. The molecule has 3 rings (SSSR count). The fraction of sp³-hybridized carbons (Fsp3) is 0.167. The monoisotopic (exact) mass is 324 g/mol. The molecule has 1 heterocycles. The van der Waals surface area contributed by atoms with Gasteiger partial charge in [-0.25, -0.2) is 0 Å². The fourth-order valence-electron chi connectivity index (χ4n) is 2.40. The predicted octanol–water partition coefficient (Wildman–Crippen LogP) is 3.10. The molecule has 6 heteroatoms. The molecular formula is C18H16N2O4. The zero-order chi connectivity index (χ0) is 17.1. The molecule has 0 saturated carbocycles. The van der Waals surface area contributed by atoms with Crippen molar-refractivity contribution < 1.29 is 19.1 Å². The first-order chi connectivity index (χ1) is 11.6. The Hall–Kier alpha value is -3.15. The SMILES string of the molecule is CCCC(=O)Nc1ccc(Oc2ccc3c(c2)C(=O)NC3=O)cc1. The summed E-state index contributed by atoms with van der Waals surface area (Å²) in [6.07, 6.45) is 1.27. The van der Waals surface area contributed by atoms with E-state index in [9.17, 15) is 14.4 Å². The van der Waals surface area contributed by atoms with Gasteiger partial charge in [0.1, 0.15) is 11.5 Å². The number of nitrogens with one attached hydrogen (secondary N) is 2. The first-order valence-corrected chi connectivity index (χ1v) is 7.64. The molecule has 24 heavy (non-hydrogen) atoms. The molecule has 3 amide bonds. The molecule has 1 aliphatic rings. The molecule has 0 aliphatic carbocycles. The number of carbonyl (C=O) groups is 3. The van der Waals surface area contributed by atoms with Gasteiger partial charge in [0.05, 0.1) is 11.1 Å². The quantitative estimate of drug-likeness (QED) is 0.828. The minimum Gasteiger partial charge on any atom is -0.457 e. The zero-order valence-corrected chi connectivity index (χ0v) is 13.1. The van der Waals surface area contributed by atoms with Crippen LogP contribution in [0, 0.1) is 0 Å². The van der Waals surface area contributed by atoms with Crippen molar-refractivity contribution in [2.45, 2.75) is 19.8 Å². The van der Waals surface area contributed by atoms with Gasteiger partial charge in [-0.05, 0) is 48.9 Å². The van der Waals surface area contributed by atoms with Crippen molar-refractivity contribution >= 4 is 23.4 Å². The van der Waals surface area contributed by atoms with Crippen LogP contribution in [-0.4, -0.2) is 17.7 Å². The van der Waals surface area contributed by atoms with Crippen molar-refractivity contribution in [3.8, 4) is 11.5 Å². The molecular weight excluding hydrogens is 308 g/mol. The van der Waals surface area contributed by atoms with E-state index in [1.165, 1.54) is 6.07 Å². The topological polar surface area (TPSA) is 84.5 Å². The number of benzene rings is 2. The molecule has 2 N–H and O–H groups in total. The van der Waals surface area contributed by atoms with E-state index in [-0.39, 0.29) is 5.91 Å². The Morgan fingerprint density at radius 2 is 1.67 bits per heavy atom. The summed E-state index contributed by atoms with van der Waals surface area (Å²) < 4.78 is 5.69. The average molecular weight is 324 g/mol. The summed E-state index contributed by atoms with van der Waals surface area (Å²) in [6.45, 7) is 1.95. The molecule has 0 spiro atoms. The van der Waals surface area contributed by atoms with E-state index < -0.39 is 11.8 Å². The second kappa shape index (κ2) is 6.54. The fourth-order valence-corrected chi connectivity index (χ4v) is 2.40. The number of hydrogen-bond donors (Lipinski definition) is 2. The minimum atomic E-state index is -0.422. The molecule has 0 atom stereocenters. The average Bonchev–Trinajstić information content (AvgIpc) is 2.84. The number of ether oxygens (including phenoxy) is 1. The van der Waals surface area contributed by atoms with Gasteiger partial charge in [0.25, 0.3) is 11.8 Å². The van der Waals surface area contributed by atoms with Crippen LogP contribution in [0.4, 0.5) is 5.69 Å². The van der Waals surface area contributed by atoms with Crippen LogP contribution < -0.4 is 15.4 Å². The van der Waals surface area contributed by atoms with Crippen LogP contribution in [0.3, 0.4) is 0 Å². The zero-order valence-electron chi connectivity index (χ0n) is 13.1. The number of amides is 3. The largest absolute Gasteiger partial charge is 0.457 e. The summed E-state index contributed by atoms with van der Waals surface area (Å²) in [5, 5.41) is 5.03. The molecule has 6 nitrogen and oxygen atoms in total. The van der Waals surface area contributed by atoms with Crippen molar-refractivity contribution in [1.29, 1.82) is 0 Å². The smallest absolute Gasteiger partial charge is 0.259 e. The predicted molar refractivity (Wildman–Crippen MR) is 88.3 cm³/mol. The maximum absolute atomic E-state index is 11.7. The van der Waals surface area contributed by atoms with Crippen LogP contribution in [0.15, 0.2) is 42.5 Å². The van der Waals surface area contributed by atoms with E-state index in [0.717, 1.165) is 6.42 Å². The Morgan fingerprint density at radius 3 is 2.38 bits per heavy atom. The third-order valence-electron chi connectivity index (χ3n) is 3.56. The Balaban J connectivity index is 1.71. The molecule has 2 aromatic carbocycles. The Bertz CT molecular complexity index is 812. The van der Waals surface area contributed by atoms with Gasteiger partial charge in [-0.2, -0.15) is 0 Å². The molecule has 0 radical (unpaired) electrons. The maximum Gasteiger partial charge on any atom is 0.259 e. The number of imide groups is 1. The number of rotatable bonds is 5. The van der Waals surface area contributed by atoms with Gasteiger partial charge >= 0.3 is 0 Å². The maximum atomic E-state index is 11.7. The molecule has 0 saturated heterocycles.